The van der Waals surface area contributed by atoms with Gasteiger partial charge in [0.15, 0.2) is 0 Å². The third-order valence-electron chi connectivity index (χ3n) is 4.68. The van der Waals surface area contributed by atoms with Crippen molar-refractivity contribution >= 4 is 0 Å². The van der Waals surface area contributed by atoms with Gasteiger partial charge in [0, 0.05) is 0 Å². The fourth-order valence-corrected chi connectivity index (χ4v) is 3.28. The Balaban J connectivity index is 1.76. The van der Waals surface area contributed by atoms with Crippen LogP contribution in [0.2, 0.25) is 0 Å². The van der Waals surface area contributed by atoms with Crippen LogP contribution in [0.3, 0.4) is 0 Å². The molecule has 1 unspecified atom stereocenters. The summed E-state index contributed by atoms with van der Waals surface area (Å²) in [5.41, 5.74) is 2.60. The number of hydrogen-bond acceptors (Lipinski definition) is 1. The zero-order chi connectivity index (χ0) is 11.7. The standard InChI is InChI=1S/C16H22O/c17-16(13-5-1-2-6-13)15-10-4-9-14(11-15)12-7-3-8-12/h4,9-13,16-17H,1-3,5-8H2. The first-order valence-electron chi connectivity index (χ1n) is 7.12. The predicted molar refractivity (Wildman–Crippen MR) is 70.0 cm³/mol. The molecule has 0 heterocycles. The zero-order valence-electron chi connectivity index (χ0n) is 10.4. The maximum atomic E-state index is 10.4. The minimum Gasteiger partial charge on any atom is -0.388 e. The van der Waals surface area contributed by atoms with Gasteiger partial charge in [-0.05, 0) is 48.6 Å². The van der Waals surface area contributed by atoms with E-state index < -0.39 is 0 Å². The summed E-state index contributed by atoms with van der Waals surface area (Å²) in [6, 6.07) is 8.72. The Morgan fingerprint density at radius 3 is 2.41 bits per heavy atom. The Labute approximate surface area is 104 Å². The molecule has 0 saturated heterocycles. The van der Waals surface area contributed by atoms with Gasteiger partial charge in [-0.15, -0.1) is 0 Å². The van der Waals surface area contributed by atoms with Gasteiger partial charge in [0.2, 0.25) is 0 Å². The highest BCUT2D eigenvalue weighted by atomic mass is 16.3. The van der Waals surface area contributed by atoms with Crippen LogP contribution in [0.4, 0.5) is 0 Å². The van der Waals surface area contributed by atoms with Crippen LogP contribution in [0.1, 0.15) is 68.1 Å². The Morgan fingerprint density at radius 2 is 1.76 bits per heavy atom. The van der Waals surface area contributed by atoms with Crippen LogP contribution in [-0.2, 0) is 0 Å². The molecule has 2 saturated carbocycles. The molecule has 0 bridgehead atoms. The number of benzene rings is 1. The van der Waals surface area contributed by atoms with Crippen molar-refractivity contribution in [3.8, 4) is 0 Å². The van der Waals surface area contributed by atoms with E-state index in [0.29, 0.717) is 5.92 Å². The molecular weight excluding hydrogens is 208 g/mol. The second-order valence-electron chi connectivity index (χ2n) is 5.79. The van der Waals surface area contributed by atoms with E-state index in [4.69, 9.17) is 0 Å². The molecule has 2 fully saturated rings. The number of hydrogen-bond donors (Lipinski definition) is 1. The van der Waals surface area contributed by atoms with Crippen LogP contribution < -0.4 is 0 Å². The van der Waals surface area contributed by atoms with Gasteiger partial charge in [0.1, 0.15) is 0 Å². The third-order valence-corrected chi connectivity index (χ3v) is 4.68. The van der Waals surface area contributed by atoms with Gasteiger partial charge < -0.3 is 5.11 Å². The molecule has 1 nitrogen and oxygen atoms in total. The maximum Gasteiger partial charge on any atom is 0.0818 e. The molecular formula is C16H22O. The smallest absolute Gasteiger partial charge is 0.0818 e. The van der Waals surface area contributed by atoms with Crippen molar-refractivity contribution < 1.29 is 5.11 Å². The van der Waals surface area contributed by atoms with Gasteiger partial charge in [-0.25, -0.2) is 0 Å². The summed E-state index contributed by atoms with van der Waals surface area (Å²) in [5, 5.41) is 10.4. The summed E-state index contributed by atoms with van der Waals surface area (Å²) in [5.74, 6) is 1.28. The van der Waals surface area contributed by atoms with E-state index in [1.165, 1.54) is 50.5 Å². The van der Waals surface area contributed by atoms with Crippen LogP contribution in [0.5, 0.6) is 0 Å². The highest BCUT2D eigenvalue weighted by molar-refractivity contribution is 5.29. The predicted octanol–water partition coefficient (Wildman–Crippen LogP) is 4.18. The molecule has 3 rings (SSSR count). The molecule has 1 atom stereocenters. The lowest BCUT2D eigenvalue weighted by atomic mass is 9.79. The van der Waals surface area contributed by atoms with E-state index in [-0.39, 0.29) is 6.10 Å². The van der Waals surface area contributed by atoms with Crippen molar-refractivity contribution in [1.29, 1.82) is 0 Å². The summed E-state index contributed by atoms with van der Waals surface area (Å²) in [7, 11) is 0. The van der Waals surface area contributed by atoms with Crippen LogP contribution >= 0.6 is 0 Å². The van der Waals surface area contributed by atoms with Crippen molar-refractivity contribution in [1.82, 2.24) is 0 Å². The Hall–Kier alpha value is -0.820. The number of aliphatic hydroxyl groups excluding tert-OH is 1. The fourth-order valence-electron chi connectivity index (χ4n) is 3.28. The van der Waals surface area contributed by atoms with Crippen molar-refractivity contribution in [2.45, 2.75) is 57.0 Å². The van der Waals surface area contributed by atoms with Crippen LogP contribution in [0.15, 0.2) is 24.3 Å². The minimum atomic E-state index is -0.225. The van der Waals surface area contributed by atoms with E-state index in [1.807, 2.05) is 0 Å². The number of rotatable bonds is 3. The molecule has 1 N–H and O–H groups in total. The SMILES string of the molecule is OC(c1cccc(C2CCC2)c1)C1CCCC1. The number of aliphatic hydroxyl groups is 1. The van der Waals surface area contributed by atoms with Gasteiger partial charge in [0.25, 0.3) is 0 Å². The van der Waals surface area contributed by atoms with E-state index in [1.54, 1.807) is 0 Å². The van der Waals surface area contributed by atoms with Crippen LogP contribution in [0, 0.1) is 5.92 Å². The summed E-state index contributed by atoms with van der Waals surface area (Å²) in [6.07, 6.45) is 8.82. The van der Waals surface area contributed by atoms with E-state index >= 15 is 0 Å². The molecule has 0 aliphatic heterocycles. The third kappa shape index (κ3) is 2.26. The van der Waals surface area contributed by atoms with Crippen molar-refractivity contribution in [3.05, 3.63) is 35.4 Å². The highest BCUT2D eigenvalue weighted by Gasteiger charge is 2.25. The summed E-state index contributed by atoms with van der Waals surface area (Å²) in [6.45, 7) is 0. The molecule has 0 spiro atoms. The lowest BCUT2D eigenvalue weighted by Crippen LogP contribution is -2.12. The van der Waals surface area contributed by atoms with E-state index in [9.17, 15) is 5.11 Å². The van der Waals surface area contributed by atoms with Gasteiger partial charge in [-0.1, -0.05) is 43.5 Å². The van der Waals surface area contributed by atoms with Crippen molar-refractivity contribution in [2.75, 3.05) is 0 Å². The molecule has 92 valence electrons. The second-order valence-corrected chi connectivity index (χ2v) is 5.79. The molecule has 1 aromatic carbocycles. The zero-order valence-corrected chi connectivity index (χ0v) is 10.4. The first-order chi connectivity index (χ1) is 8.34. The lowest BCUT2D eigenvalue weighted by molar-refractivity contribution is 0.111. The summed E-state index contributed by atoms with van der Waals surface area (Å²) >= 11 is 0. The molecule has 1 heteroatoms. The van der Waals surface area contributed by atoms with Gasteiger partial charge in [-0.2, -0.15) is 0 Å². The topological polar surface area (TPSA) is 20.2 Å². The molecule has 0 amide bonds. The average Bonchev–Trinajstić information content (AvgIpc) is 2.79. The summed E-state index contributed by atoms with van der Waals surface area (Å²) in [4.78, 5) is 0. The highest BCUT2D eigenvalue weighted by Crippen LogP contribution is 2.39. The van der Waals surface area contributed by atoms with E-state index in [2.05, 4.69) is 24.3 Å². The molecule has 2 aliphatic rings. The molecule has 0 aromatic heterocycles. The Morgan fingerprint density at radius 1 is 1.00 bits per heavy atom. The van der Waals surface area contributed by atoms with Gasteiger partial charge in [-0.3, -0.25) is 0 Å². The van der Waals surface area contributed by atoms with Crippen LogP contribution in [-0.4, -0.2) is 5.11 Å². The van der Waals surface area contributed by atoms with Gasteiger partial charge >= 0.3 is 0 Å². The largest absolute Gasteiger partial charge is 0.388 e. The van der Waals surface area contributed by atoms with Crippen molar-refractivity contribution in [2.24, 2.45) is 5.92 Å². The molecule has 17 heavy (non-hydrogen) atoms. The Bertz CT molecular complexity index is 375. The van der Waals surface area contributed by atoms with Gasteiger partial charge in [0.05, 0.1) is 6.10 Å². The first kappa shape index (κ1) is 11.3. The van der Waals surface area contributed by atoms with E-state index in [0.717, 1.165) is 11.5 Å². The normalized spacial score (nSPS) is 23.6. The monoisotopic (exact) mass is 230 g/mol. The van der Waals surface area contributed by atoms with Crippen molar-refractivity contribution in [3.63, 3.8) is 0 Å². The molecule has 0 radical (unpaired) electrons. The average molecular weight is 230 g/mol. The second kappa shape index (κ2) is 4.81. The Kier molecular flexibility index (Phi) is 3.19. The quantitative estimate of drug-likeness (QED) is 0.826. The first-order valence-corrected chi connectivity index (χ1v) is 7.12. The molecule has 1 aromatic rings. The lowest BCUT2D eigenvalue weighted by Gasteiger charge is -2.27. The molecule has 2 aliphatic carbocycles. The maximum absolute atomic E-state index is 10.4. The van der Waals surface area contributed by atoms with Crippen LogP contribution in [0.25, 0.3) is 0 Å². The fraction of sp³-hybridized carbons (Fsp3) is 0.625. The minimum absolute atomic E-state index is 0.225. The summed E-state index contributed by atoms with van der Waals surface area (Å²) < 4.78 is 0.